The maximum atomic E-state index is 12.5. The number of hydrogen-bond donors (Lipinski definition) is 1. The van der Waals surface area contributed by atoms with E-state index in [1.807, 2.05) is 43.1 Å². The third-order valence-electron chi connectivity index (χ3n) is 4.62. The predicted octanol–water partition coefficient (Wildman–Crippen LogP) is 1.78. The highest BCUT2D eigenvalue weighted by Gasteiger charge is 2.27. The third kappa shape index (κ3) is 4.07. The van der Waals surface area contributed by atoms with Crippen LogP contribution in [0, 0.1) is 13.8 Å². The van der Waals surface area contributed by atoms with Crippen LogP contribution in [-0.2, 0) is 11.3 Å². The van der Waals surface area contributed by atoms with Crippen LogP contribution in [-0.4, -0.2) is 54.5 Å². The molecule has 8 nitrogen and oxygen atoms in total. The van der Waals surface area contributed by atoms with Crippen LogP contribution in [0.1, 0.15) is 44.4 Å². The smallest absolute Gasteiger partial charge is 0.239 e. The van der Waals surface area contributed by atoms with Gasteiger partial charge in [-0.15, -0.1) is 0 Å². The minimum Gasteiger partial charge on any atom is -0.310 e. The molecule has 0 spiro atoms. The maximum Gasteiger partial charge on any atom is 0.239 e. The predicted molar refractivity (Wildman–Crippen MR) is 95.3 cm³/mol. The molecular weight excluding hydrogens is 318 g/mol. The molecule has 1 amide bonds. The number of aryl methyl sites for hydroxylation is 2. The Kier molecular flexibility index (Phi) is 5.17. The summed E-state index contributed by atoms with van der Waals surface area (Å²) in [5, 5.41) is 11.7. The van der Waals surface area contributed by atoms with E-state index in [1.165, 1.54) is 0 Å². The Balaban J connectivity index is 1.60. The Labute approximate surface area is 148 Å². The van der Waals surface area contributed by atoms with Gasteiger partial charge < -0.3 is 5.32 Å². The summed E-state index contributed by atoms with van der Waals surface area (Å²) in [6.07, 6.45) is 3.90. The van der Waals surface area contributed by atoms with E-state index in [2.05, 4.69) is 25.4 Å². The maximum absolute atomic E-state index is 12.5. The number of aromatic nitrogens is 5. The molecule has 0 unspecified atom stereocenters. The van der Waals surface area contributed by atoms with Gasteiger partial charge in [-0.3, -0.25) is 9.69 Å². The van der Waals surface area contributed by atoms with E-state index in [-0.39, 0.29) is 11.9 Å². The number of hydrogen-bond acceptors (Lipinski definition) is 5. The van der Waals surface area contributed by atoms with Crippen molar-refractivity contribution < 1.29 is 4.79 Å². The zero-order chi connectivity index (χ0) is 18.0. The number of anilines is 1. The molecule has 0 aromatic carbocycles. The van der Waals surface area contributed by atoms with E-state index in [0.717, 1.165) is 43.4 Å². The number of nitrogens with zero attached hydrogens (tertiary/aromatic N) is 6. The summed E-state index contributed by atoms with van der Waals surface area (Å²) in [4.78, 5) is 19.1. The van der Waals surface area contributed by atoms with Crippen molar-refractivity contribution in [3.05, 3.63) is 23.9 Å². The van der Waals surface area contributed by atoms with Crippen LogP contribution >= 0.6 is 0 Å². The minimum atomic E-state index is 0.000734. The summed E-state index contributed by atoms with van der Waals surface area (Å²) in [6, 6.07) is 2.37. The van der Waals surface area contributed by atoms with Crippen molar-refractivity contribution in [3.63, 3.8) is 0 Å². The molecule has 1 N–H and O–H groups in total. The normalized spacial score (nSPS) is 18.2. The molecule has 8 heteroatoms. The van der Waals surface area contributed by atoms with E-state index in [4.69, 9.17) is 0 Å². The first-order chi connectivity index (χ1) is 11.9. The zero-order valence-electron chi connectivity index (χ0n) is 15.4. The lowest BCUT2D eigenvalue weighted by Gasteiger charge is -2.24. The number of amides is 1. The van der Waals surface area contributed by atoms with Gasteiger partial charge in [0.05, 0.1) is 19.3 Å². The highest BCUT2D eigenvalue weighted by Crippen LogP contribution is 2.19. The molecule has 3 heterocycles. The van der Waals surface area contributed by atoms with Gasteiger partial charge in [0.2, 0.25) is 5.91 Å². The largest absolute Gasteiger partial charge is 0.310 e. The van der Waals surface area contributed by atoms with Gasteiger partial charge in [-0.1, -0.05) is 0 Å². The van der Waals surface area contributed by atoms with Gasteiger partial charge in [0.1, 0.15) is 17.5 Å². The molecule has 25 heavy (non-hydrogen) atoms. The first-order valence-corrected chi connectivity index (χ1v) is 8.89. The summed E-state index contributed by atoms with van der Waals surface area (Å²) in [5.41, 5.74) is 0. The fourth-order valence-corrected chi connectivity index (χ4v) is 3.44. The topological polar surface area (TPSA) is 80.9 Å². The molecule has 1 aliphatic rings. The van der Waals surface area contributed by atoms with Crippen LogP contribution in [0.2, 0.25) is 0 Å². The number of rotatable bonds is 6. The third-order valence-corrected chi connectivity index (χ3v) is 4.62. The van der Waals surface area contributed by atoms with Crippen molar-refractivity contribution >= 4 is 11.7 Å². The number of likely N-dealkylation sites (tertiary alicyclic amines) is 1. The highest BCUT2D eigenvalue weighted by molar-refractivity contribution is 5.91. The van der Waals surface area contributed by atoms with E-state index in [0.29, 0.717) is 12.6 Å². The lowest BCUT2D eigenvalue weighted by atomic mass is 10.2. The lowest BCUT2D eigenvalue weighted by Crippen LogP contribution is -2.39. The molecule has 0 saturated carbocycles. The first-order valence-electron chi connectivity index (χ1n) is 8.89. The highest BCUT2D eigenvalue weighted by atomic mass is 16.2. The van der Waals surface area contributed by atoms with Gasteiger partial charge in [0, 0.05) is 18.2 Å². The minimum absolute atomic E-state index is 0.000734. The summed E-state index contributed by atoms with van der Waals surface area (Å²) in [5.74, 6) is 2.47. The van der Waals surface area contributed by atoms with E-state index in [1.54, 1.807) is 6.20 Å². The molecule has 0 radical (unpaired) electrons. The second-order valence-electron chi connectivity index (χ2n) is 6.96. The molecule has 1 fully saturated rings. The fourth-order valence-electron chi connectivity index (χ4n) is 3.44. The number of carbonyl (C=O) groups is 1. The second kappa shape index (κ2) is 7.35. The van der Waals surface area contributed by atoms with Crippen molar-refractivity contribution in [2.75, 3.05) is 18.4 Å². The van der Waals surface area contributed by atoms with Crippen molar-refractivity contribution in [2.45, 2.75) is 59.2 Å². The van der Waals surface area contributed by atoms with Crippen LogP contribution in [0.4, 0.5) is 5.82 Å². The Hall–Kier alpha value is -2.22. The summed E-state index contributed by atoms with van der Waals surface area (Å²) in [6.45, 7) is 10.1. The molecule has 1 aliphatic heterocycles. The molecule has 1 saturated heterocycles. The molecule has 136 valence electrons. The summed E-state index contributed by atoms with van der Waals surface area (Å²) >= 11 is 0. The number of nitrogens with one attached hydrogen (secondary N) is 1. The second-order valence-corrected chi connectivity index (χ2v) is 6.96. The van der Waals surface area contributed by atoms with Gasteiger partial charge in [0.15, 0.2) is 0 Å². The van der Waals surface area contributed by atoms with E-state index < -0.39 is 0 Å². The van der Waals surface area contributed by atoms with E-state index in [9.17, 15) is 4.79 Å². The molecule has 2 aromatic rings. The monoisotopic (exact) mass is 345 g/mol. The average molecular weight is 345 g/mol. The summed E-state index contributed by atoms with van der Waals surface area (Å²) < 4.78 is 3.77. The Morgan fingerprint density at radius 2 is 2.20 bits per heavy atom. The molecule has 0 bridgehead atoms. The van der Waals surface area contributed by atoms with Crippen LogP contribution in [0.15, 0.2) is 12.3 Å². The Morgan fingerprint density at radius 3 is 2.88 bits per heavy atom. The van der Waals surface area contributed by atoms with E-state index >= 15 is 0 Å². The molecule has 2 aromatic heterocycles. The van der Waals surface area contributed by atoms with Crippen molar-refractivity contribution in [3.8, 4) is 0 Å². The number of carbonyl (C=O) groups excluding carboxylic acids is 1. The SMILES string of the molecule is Cc1nc(C)n(C[C@@H]2CCCN2CC(=O)Nc2ccnn2C(C)C)n1. The zero-order valence-corrected chi connectivity index (χ0v) is 15.4. The molecule has 1 atom stereocenters. The standard InChI is InChI=1S/C17H27N7O/c1-12(2)24-16(7-8-18-24)20-17(25)11-22-9-5-6-15(22)10-23-14(4)19-13(3)21-23/h7-8,12,15H,5-6,9-11H2,1-4H3,(H,20,25)/t15-/m0/s1. The molecule has 3 rings (SSSR count). The quantitative estimate of drug-likeness (QED) is 0.863. The van der Waals surface area contributed by atoms with Crippen LogP contribution in [0.25, 0.3) is 0 Å². The van der Waals surface area contributed by atoms with Gasteiger partial charge in [-0.25, -0.2) is 14.3 Å². The molecule has 0 aliphatic carbocycles. The molecular formula is C17H27N7O. The average Bonchev–Trinajstić information content (AvgIpc) is 3.22. The van der Waals surface area contributed by atoms with Crippen molar-refractivity contribution in [2.24, 2.45) is 0 Å². The van der Waals surface area contributed by atoms with Crippen molar-refractivity contribution in [1.82, 2.24) is 29.4 Å². The summed E-state index contributed by atoms with van der Waals surface area (Å²) in [7, 11) is 0. The lowest BCUT2D eigenvalue weighted by molar-refractivity contribution is -0.117. The van der Waals surface area contributed by atoms with Gasteiger partial charge in [-0.2, -0.15) is 10.2 Å². The van der Waals surface area contributed by atoms with Gasteiger partial charge >= 0.3 is 0 Å². The fraction of sp³-hybridized carbons (Fsp3) is 0.647. The van der Waals surface area contributed by atoms with Crippen molar-refractivity contribution in [1.29, 1.82) is 0 Å². The van der Waals surface area contributed by atoms with Crippen LogP contribution in [0.3, 0.4) is 0 Å². The van der Waals surface area contributed by atoms with Crippen LogP contribution in [0.5, 0.6) is 0 Å². The van der Waals surface area contributed by atoms with Crippen LogP contribution < -0.4 is 5.32 Å². The van der Waals surface area contributed by atoms with Gasteiger partial charge in [0.25, 0.3) is 0 Å². The Morgan fingerprint density at radius 1 is 1.40 bits per heavy atom. The first kappa shape index (κ1) is 17.6. The van der Waals surface area contributed by atoms with Gasteiger partial charge in [-0.05, 0) is 47.1 Å². The Bertz CT molecular complexity index is 733.